The fourth-order valence-electron chi connectivity index (χ4n) is 1.93. The van der Waals surface area contributed by atoms with E-state index in [0.717, 1.165) is 24.3 Å². The summed E-state index contributed by atoms with van der Waals surface area (Å²) in [6.07, 6.45) is -2.99. The Kier molecular flexibility index (Phi) is 5.00. The molecule has 1 aromatic carbocycles. The van der Waals surface area contributed by atoms with Crippen molar-refractivity contribution in [1.29, 1.82) is 0 Å². The second-order valence-corrected chi connectivity index (χ2v) is 6.54. The average molecular weight is 349 g/mol. The molecule has 0 radical (unpaired) electrons. The zero-order valence-corrected chi connectivity index (χ0v) is 12.8. The normalized spacial score (nSPS) is 13.7. The number of rotatable bonds is 6. The minimum Gasteiger partial charge on any atom is -0.469 e. The molecule has 1 atom stereocenters. The molecular formula is C14H14F3NO4S. The quantitative estimate of drug-likeness (QED) is 0.870. The first-order chi connectivity index (χ1) is 10.7. The average Bonchev–Trinajstić information content (AvgIpc) is 2.89. The summed E-state index contributed by atoms with van der Waals surface area (Å²) in [5.41, 5.74) is 0. The highest BCUT2D eigenvalue weighted by atomic mass is 32.2. The lowest BCUT2D eigenvalue weighted by atomic mass is 10.2. The number of alkyl halides is 3. The van der Waals surface area contributed by atoms with Crippen LogP contribution in [0.2, 0.25) is 0 Å². The SMILES string of the molecule is CC(Cc1ccco1)NS(=O)(=O)c1ccc(OC(F)(F)F)cc1. The van der Waals surface area contributed by atoms with Crippen molar-refractivity contribution >= 4 is 10.0 Å². The maximum atomic E-state index is 12.2. The van der Waals surface area contributed by atoms with Crippen molar-refractivity contribution in [2.24, 2.45) is 0 Å². The molecule has 126 valence electrons. The minimum absolute atomic E-state index is 0.154. The highest BCUT2D eigenvalue weighted by molar-refractivity contribution is 7.89. The maximum Gasteiger partial charge on any atom is 0.573 e. The highest BCUT2D eigenvalue weighted by Crippen LogP contribution is 2.24. The molecule has 0 saturated heterocycles. The number of furan rings is 1. The smallest absolute Gasteiger partial charge is 0.469 e. The van der Waals surface area contributed by atoms with Crippen LogP contribution in [0.15, 0.2) is 52.0 Å². The largest absolute Gasteiger partial charge is 0.573 e. The van der Waals surface area contributed by atoms with E-state index in [-0.39, 0.29) is 4.90 Å². The first-order valence-electron chi connectivity index (χ1n) is 6.56. The number of benzene rings is 1. The van der Waals surface area contributed by atoms with Gasteiger partial charge >= 0.3 is 6.36 Å². The van der Waals surface area contributed by atoms with Crippen LogP contribution in [0.5, 0.6) is 5.75 Å². The molecular weight excluding hydrogens is 335 g/mol. The molecule has 0 aliphatic heterocycles. The predicted molar refractivity (Wildman–Crippen MR) is 75.3 cm³/mol. The van der Waals surface area contributed by atoms with Gasteiger partial charge in [0.2, 0.25) is 10.0 Å². The van der Waals surface area contributed by atoms with Gasteiger partial charge in [-0.3, -0.25) is 0 Å². The van der Waals surface area contributed by atoms with Gasteiger partial charge in [-0.25, -0.2) is 13.1 Å². The van der Waals surface area contributed by atoms with Crippen LogP contribution in [-0.4, -0.2) is 20.8 Å². The Labute approximate surface area is 131 Å². The van der Waals surface area contributed by atoms with E-state index in [1.165, 1.54) is 6.26 Å². The summed E-state index contributed by atoms with van der Waals surface area (Å²) in [5, 5.41) is 0. The summed E-state index contributed by atoms with van der Waals surface area (Å²) < 4.78 is 71.8. The third kappa shape index (κ3) is 5.29. The highest BCUT2D eigenvalue weighted by Gasteiger charge is 2.31. The van der Waals surface area contributed by atoms with Crippen molar-refractivity contribution in [1.82, 2.24) is 4.72 Å². The summed E-state index contributed by atoms with van der Waals surface area (Å²) in [6, 6.07) is 6.94. The third-order valence-corrected chi connectivity index (χ3v) is 4.42. The molecule has 1 N–H and O–H groups in total. The molecule has 0 amide bonds. The lowest BCUT2D eigenvalue weighted by Gasteiger charge is -2.14. The van der Waals surface area contributed by atoms with Crippen LogP contribution in [0, 0.1) is 0 Å². The predicted octanol–water partition coefficient (Wildman–Crippen LogP) is 3.09. The van der Waals surface area contributed by atoms with Crippen molar-refractivity contribution in [3.63, 3.8) is 0 Å². The second kappa shape index (κ2) is 6.63. The first kappa shape index (κ1) is 17.4. The van der Waals surface area contributed by atoms with Crippen LogP contribution in [0.3, 0.4) is 0 Å². The van der Waals surface area contributed by atoms with Gasteiger partial charge in [0.25, 0.3) is 0 Å². The molecule has 0 aliphatic rings. The van der Waals surface area contributed by atoms with Crippen LogP contribution >= 0.6 is 0 Å². The Bertz CT molecular complexity index is 724. The second-order valence-electron chi connectivity index (χ2n) is 4.83. The molecule has 23 heavy (non-hydrogen) atoms. The number of hydrogen-bond donors (Lipinski definition) is 1. The van der Waals surface area contributed by atoms with E-state index in [2.05, 4.69) is 9.46 Å². The molecule has 2 rings (SSSR count). The van der Waals surface area contributed by atoms with Gasteiger partial charge in [-0.1, -0.05) is 0 Å². The summed E-state index contributed by atoms with van der Waals surface area (Å²) in [5.74, 6) is 0.134. The van der Waals surface area contributed by atoms with Crippen LogP contribution in [0.25, 0.3) is 0 Å². The number of nitrogens with one attached hydrogen (secondary N) is 1. The van der Waals surface area contributed by atoms with E-state index >= 15 is 0 Å². The number of sulfonamides is 1. The summed E-state index contributed by atoms with van der Waals surface area (Å²) in [7, 11) is -3.85. The molecule has 0 saturated carbocycles. The van der Waals surface area contributed by atoms with E-state index in [1.807, 2.05) is 0 Å². The van der Waals surface area contributed by atoms with E-state index in [9.17, 15) is 21.6 Å². The van der Waals surface area contributed by atoms with Crippen molar-refractivity contribution in [2.45, 2.75) is 30.6 Å². The summed E-state index contributed by atoms with van der Waals surface area (Å²) in [6.45, 7) is 1.65. The van der Waals surface area contributed by atoms with Gasteiger partial charge in [-0.2, -0.15) is 0 Å². The molecule has 0 bridgehead atoms. The van der Waals surface area contributed by atoms with Crippen LogP contribution < -0.4 is 9.46 Å². The molecule has 1 aromatic heterocycles. The number of hydrogen-bond acceptors (Lipinski definition) is 4. The topological polar surface area (TPSA) is 68.5 Å². The van der Waals surface area contributed by atoms with Gasteiger partial charge in [-0.05, 0) is 43.3 Å². The van der Waals surface area contributed by atoms with Crippen molar-refractivity contribution < 1.29 is 30.7 Å². The Morgan fingerprint density at radius 3 is 2.39 bits per heavy atom. The summed E-state index contributed by atoms with van der Waals surface area (Å²) >= 11 is 0. The maximum absolute atomic E-state index is 12.2. The Hall–Kier alpha value is -2.00. The first-order valence-corrected chi connectivity index (χ1v) is 8.04. The third-order valence-electron chi connectivity index (χ3n) is 2.81. The molecule has 1 heterocycles. The van der Waals surface area contributed by atoms with E-state index in [1.54, 1.807) is 19.1 Å². The molecule has 0 aliphatic carbocycles. The number of ether oxygens (including phenoxy) is 1. The molecule has 0 spiro atoms. The molecule has 9 heteroatoms. The van der Waals surface area contributed by atoms with Gasteiger partial charge in [0, 0.05) is 12.5 Å². The fourth-order valence-corrected chi connectivity index (χ4v) is 3.17. The Balaban J connectivity index is 2.04. The van der Waals surface area contributed by atoms with Crippen LogP contribution in [0.1, 0.15) is 12.7 Å². The Morgan fingerprint density at radius 1 is 1.22 bits per heavy atom. The van der Waals surface area contributed by atoms with Crippen molar-refractivity contribution in [3.05, 3.63) is 48.4 Å². The van der Waals surface area contributed by atoms with E-state index < -0.39 is 28.2 Å². The zero-order valence-electron chi connectivity index (χ0n) is 12.0. The lowest BCUT2D eigenvalue weighted by Crippen LogP contribution is -2.34. The summed E-state index contributed by atoms with van der Waals surface area (Å²) in [4.78, 5) is -0.154. The molecule has 1 unspecified atom stereocenters. The van der Waals surface area contributed by atoms with Gasteiger partial charge in [0.1, 0.15) is 11.5 Å². The fraction of sp³-hybridized carbons (Fsp3) is 0.286. The molecule has 5 nitrogen and oxygen atoms in total. The van der Waals surface area contributed by atoms with E-state index in [4.69, 9.17) is 4.42 Å². The lowest BCUT2D eigenvalue weighted by molar-refractivity contribution is -0.274. The monoisotopic (exact) mass is 349 g/mol. The standard InChI is InChI=1S/C14H14F3NO4S/c1-10(9-12-3-2-8-21-12)18-23(19,20)13-6-4-11(5-7-13)22-14(15,16)17/h2-8,10,18H,9H2,1H3. The van der Waals surface area contributed by atoms with Crippen molar-refractivity contribution in [3.8, 4) is 5.75 Å². The van der Waals surface area contributed by atoms with Crippen LogP contribution in [0.4, 0.5) is 13.2 Å². The van der Waals surface area contributed by atoms with Crippen LogP contribution in [-0.2, 0) is 16.4 Å². The van der Waals surface area contributed by atoms with Gasteiger partial charge in [0.05, 0.1) is 11.2 Å². The number of halogens is 3. The van der Waals surface area contributed by atoms with Gasteiger partial charge in [0.15, 0.2) is 0 Å². The van der Waals surface area contributed by atoms with Gasteiger partial charge < -0.3 is 9.15 Å². The van der Waals surface area contributed by atoms with Gasteiger partial charge in [-0.15, -0.1) is 13.2 Å². The zero-order chi connectivity index (χ0) is 17.1. The molecule has 2 aromatic rings. The van der Waals surface area contributed by atoms with Crippen molar-refractivity contribution in [2.75, 3.05) is 0 Å². The molecule has 0 fully saturated rings. The minimum atomic E-state index is -4.82. The van der Waals surface area contributed by atoms with E-state index in [0.29, 0.717) is 12.2 Å². The Morgan fingerprint density at radius 2 is 1.87 bits per heavy atom.